The average molecular weight is 153 g/mol. The molecule has 2 atom stereocenters. The van der Waals surface area contributed by atoms with E-state index in [-0.39, 0.29) is 12.1 Å². The maximum atomic E-state index is 9.14. The van der Waals surface area contributed by atoms with E-state index < -0.39 is 0 Å². The summed E-state index contributed by atoms with van der Waals surface area (Å²) in [5, 5.41) is 13.3. The van der Waals surface area contributed by atoms with Crippen LogP contribution in [0.3, 0.4) is 0 Å². The second kappa shape index (κ2) is 2.64. The van der Waals surface area contributed by atoms with Crippen molar-refractivity contribution >= 4 is 0 Å². The Hall–Kier alpha value is -0.870. The summed E-state index contributed by atoms with van der Waals surface area (Å²) in [6.07, 6.45) is 3.44. The monoisotopic (exact) mass is 153 g/mol. The molecule has 1 aromatic rings. The molecule has 1 aliphatic rings. The Balaban J connectivity index is 2.08. The van der Waals surface area contributed by atoms with Crippen LogP contribution < -0.4 is 5.32 Å². The third-order valence-electron chi connectivity index (χ3n) is 1.77. The molecule has 2 rings (SSSR count). The number of aromatic nitrogens is 1. The van der Waals surface area contributed by atoms with Gasteiger partial charge in [0.25, 0.3) is 0 Å². The normalized spacial score (nSPS) is 31.0. The SMILES string of the molecule is O[C@H]1C[N][C@H](c2ncco2)C1. The lowest BCUT2D eigenvalue weighted by Gasteiger charge is -2.00. The molecule has 0 aromatic carbocycles. The van der Waals surface area contributed by atoms with Crippen LogP contribution in [0.1, 0.15) is 18.4 Å². The van der Waals surface area contributed by atoms with E-state index in [0.29, 0.717) is 18.9 Å². The molecule has 0 amide bonds. The number of rotatable bonds is 1. The molecule has 1 aromatic heterocycles. The lowest BCUT2D eigenvalue weighted by atomic mass is 10.2. The predicted octanol–water partition coefficient (Wildman–Crippen LogP) is 0.0847. The molecule has 1 aliphatic heterocycles. The Labute approximate surface area is 64.2 Å². The first-order valence-corrected chi connectivity index (χ1v) is 3.60. The minimum Gasteiger partial charge on any atom is -0.447 e. The van der Waals surface area contributed by atoms with Crippen molar-refractivity contribution < 1.29 is 9.52 Å². The number of aliphatic hydroxyl groups excluding tert-OH is 1. The van der Waals surface area contributed by atoms with E-state index in [4.69, 9.17) is 9.52 Å². The molecular weight excluding hydrogens is 144 g/mol. The molecule has 0 unspecified atom stereocenters. The van der Waals surface area contributed by atoms with Gasteiger partial charge in [-0.3, -0.25) is 0 Å². The third kappa shape index (κ3) is 1.27. The first-order valence-electron chi connectivity index (χ1n) is 3.60. The van der Waals surface area contributed by atoms with Crippen molar-refractivity contribution in [3.05, 3.63) is 18.4 Å². The van der Waals surface area contributed by atoms with Gasteiger partial charge in [0, 0.05) is 13.0 Å². The molecule has 59 valence electrons. The van der Waals surface area contributed by atoms with Crippen LogP contribution in [0, 0.1) is 0 Å². The smallest absolute Gasteiger partial charge is 0.212 e. The topological polar surface area (TPSA) is 60.4 Å². The van der Waals surface area contributed by atoms with E-state index in [1.165, 1.54) is 6.26 Å². The van der Waals surface area contributed by atoms with Crippen molar-refractivity contribution in [2.24, 2.45) is 0 Å². The van der Waals surface area contributed by atoms with Gasteiger partial charge < -0.3 is 9.52 Å². The molecule has 4 heteroatoms. The second-order valence-electron chi connectivity index (χ2n) is 2.64. The van der Waals surface area contributed by atoms with E-state index in [1.807, 2.05) is 0 Å². The minimum absolute atomic E-state index is 0.0278. The minimum atomic E-state index is -0.313. The van der Waals surface area contributed by atoms with E-state index >= 15 is 0 Å². The van der Waals surface area contributed by atoms with Crippen LogP contribution in [0.15, 0.2) is 16.9 Å². The molecule has 2 heterocycles. The third-order valence-corrected chi connectivity index (χ3v) is 1.77. The highest BCUT2D eigenvalue weighted by Crippen LogP contribution is 2.22. The van der Waals surface area contributed by atoms with E-state index in [2.05, 4.69) is 10.3 Å². The quantitative estimate of drug-likeness (QED) is 0.621. The standard InChI is InChI=1S/C7H9N2O2/c10-5-3-6(9-4-5)7-8-1-2-11-7/h1-2,5-6,10H,3-4H2/t5-,6+/m1/s1. The van der Waals surface area contributed by atoms with Crippen LogP contribution >= 0.6 is 0 Å². The summed E-state index contributed by atoms with van der Waals surface area (Å²) in [5.74, 6) is 0.613. The first-order chi connectivity index (χ1) is 5.36. The van der Waals surface area contributed by atoms with Gasteiger partial charge in [0.15, 0.2) is 0 Å². The summed E-state index contributed by atoms with van der Waals surface area (Å²) in [6.45, 7) is 0.507. The van der Waals surface area contributed by atoms with Gasteiger partial charge in [0.05, 0.1) is 12.3 Å². The van der Waals surface area contributed by atoms with Crippen molar-refractivity contribution in [3.63, 3.8) is 0 Å². The Bertz CT molecular complexity index is 222. The van der Waals surface area contributed by atoms with E-state index in [9.17, 15) is 0 Å². The summed E-state index contributed by atoms with van der Waals surface area (Å²) in [6, 6.07) is -0.0278. The van der Waals surface area contributed by atoms with Crippen LogP contribution in [-0.2, 0) is 0 Å². The molecule has 1 radical (unpaired) electrons. The molecule has 1 N–H and O–H groups in total. The Morgan fingerprint density at radius 1 is 1.64 bits per heavy atom. The Morgan fingerprint density at radius 2 is 2.55 bits per heavy atom. The van der Waals surface area contributed by atoms with Gasteiger partial charge in [0.1, 0.15) is 12.3 Å². The number of nitrogens with zero attached hydrogens (tertiary/aromatic N) is 2. The number of aliphatic hydroxyl groups is 1. The van der Waals surface area contributed by atoms with Crippen molar-refractivity contribution in [1.82, 2.24) is 10.3 Å². The molecule has 0 spiro atoms. The van der Waals surface area contributed by atoms with Crippen molar-refractivity contribution in [3.8, 4) is 0 Å². The van der Waals surface area contributed by atoms with E-state index in [0.717, 1.165) is 0 Å². The summed E-state index contributed by atoms with van der Waals surface area (Å²) in [7, 11) is 0. The van der Waals surface area contributed by atoms with Gasteiger partial charge in [-0.05, 0) is 0 Å². The first kappa shape index (κ1) is 6.82. The second-order valence-corrected chi connectivity index (χ2v) is 2.64. The Kier molecular flexibility index (Phi) is 1.63. The van der Waals surface area contributed by atoms with Crippen molar-refractivity contribution in [1.29, 1.82) is 0 Å². The molecule has 0 aliphatic carbocycles. The van der Waals surface area contributed by atoms with Crippen LogP contribution in [0.2, 0.25) is 0 Å². The van der Waals surface area contributed by atoms with Crippen LogP contribution in [0.5, 0.6) is 0 Å². The fourth-order valence-corrected chi connectivity index (χ4v) is 1.23. The molecule has 1 fully saturated rings. The predicted molar refractivity (Wildman–Crippen MR) is 36.9 cm³/mol. The van der Waals surface area contributed by atoms with E-state index in [1.54, 1.807) is 6.20 Å². The van der Waals surface area contributed by atoms with Crippen LogP contribution in [0.25, 0.3) is 0 Å². The van der Waals surface area contributed by atoms with Gasteiger partial charge in [-0.15, -0.1) is 0 Å². The van der Waals surface area contributed by atoms with Gasteiger partial charge >= 0.3 is 0 Å². The summed E-state index contributed by atoms with van der Waals surface area (Å²) < 4.78 is 5.05. The van der Waals surface area contributed by atoms with Gasteiger partial charge in [-0.1, -0.05) is 0 Å². The summed E-state index contributed by atoms with van der Waals surface area (Å²) >= 11 is 0. The summed E-state index contributed by atoms with van der Waals surface area (Å²) in [5.41, 5.74) is 0. The lowest BCUT2D eigenvalue weighted by Crippen LogP contribution is -2.07. The highest BCUT2D eigenvalue weighted by atomic mass is 16.3. The fraction of sp³-hybridized carbons (Fsp3) is 0.571. The average Bonchev–Trinajstić information content (AvgIpc) is 2.55. The summed E-state index contributed by atoms with van der Waals surface area (Å²) in [4.78, 5) is 3.96. The number of hydrogen-bond donors (Lipinski definition) is 1. The molecule has 4 nitrogen and oxygen atoms in total. The lowest BCUT2D eigenvalue weighted by molar-refractivity contribution is 0.191. The van der Waals surface area contributed by atoms with Gasteiger partial charge in [0.2, 0.25) is 5.89 Å². The molecular formula is C7H9N2O2. The molecule has 1 saturated heterocycles. The molecule has 0 saturated carbocycles. The molecule has 0 bridgehead atoms. The van der Waals surface area contributed by atoms with Crippen LogP contribution in [-0.4, -0.2) is 22.7 Å². The maximum Gasteiger partial charge on any atom is 0.212 e. The highest BCUT2D eigenvalue weighted by molar-refractivity contribution is 4.95. The van der Waals surface area contributed by atoms with Crippen LogP contribution in [0.4, 0.5) is 0 Å². The van der Waals surface area contributed by atoms with Crippen molar-refractivity contribution in [2.45, 2.75) is 18.6 Å². The van der Waals surface area contributed by atoms with Gasteiger partial charge in [-0.2, -0.15) is 0 Å². The zero-order valence-corrected chi connectivity index (χ0v) is 5.97. The van der Waals surface area contributed by atoms with Gasteiger partial charge in [-0.25, -0.2) is 10.3 Å². The zero-order chi connectivity index (χ0) is 7.68. The zero-order valence-electron chi connectivity index (χ0n) is 5.97. The highest BCUT2D eigenvalue weighted by Gasteiger charge is 2.27. The maximum absolute atomic E-state index is 9.14. The fourth-order valence-electron chi connectivity index (χ4n) is 1.23. The number of oxazole rings is 1. The largest absolute Gasteiger partial charge is 0.447 e. The Morgan fingerprint density at radius 3 is 3.09 bits per heavy atom. The molecule has 11 heavy (non-hydrogen) atoms. The number of hydrogen-bond acceptors (Lipinski definition) is 3. The van der Waals surface area contributed by atoms with Crippen molar-refractivity contribution in [2.75, 3.05) is 6.54 Å².